The number of nitrogens with two attached hydrogens (primary N) is 2. The molecule has 3 amide bonds. The summed E-state index contributed by atoms with van der Waals surface area (Å²) >= 11 is 0. The van der Waals surface area contributed by atoms with Gasteiger partial charge in [0.05, 0.1) is 17.2 Å². The number of nitrogen functional groups attached to an aromatic ring is 1. The van der Waals surface area contributed by atoms with Crippen LogP contribution in [0.15, 0.2) is 18.2 Å². The molecule has 0 bridgehead atoms. The minimum Gasteiger partial charge on any atom is -0.398 e. The van der Waals surface area contributed by atoms with Gasteiger partial charge in [-0.15, -0.1) is 0 Å². The number of amides is 3. The van der Waals surface area contributed by atoms with Gasteiger partial charge in [-0.25, -0.2) is 4.90 Å². The Bertz CT molecular complexity index is 617. The molecule has 20 heavy (non-hydrogen) atoms. The largest absolute Gasteiger partial charge is 0.398 e. The number of rotatable bonds is 1. The van der Waals surface area contributed by atoms with Crippen molar-refractivity contribution in [1.29, 1.82) is 0 Å². The Hall–Kier alpha value is -2.21. The van der Waals surface area contributed by atoms with Crippen molar-refractivity contribution in [3.8, 4) is 0 Å². The van der Waals surface area contributed by atoms with Crippen molar-refractivity contribution in [3.63, 3.8) is 0 Å². The molecule has 2 rings (SSSR count). The topological polar surface area (TPSA) is 106 Å². The third-order valence-electron chi connectivity index (χ3n) is 3.37. The Morgan fingerprint density at radius 3 is 2.30 bits per heavy atom. The summed E-state index contributed by atoms with van der Waals surface area (Å²) < 4.78 is 0. The van der Waals surface area contributed by atoms with Crippen molar-refractivity contribution in [1.82, 2.24) is 4.90 Å². The van der Waals surface area contributed by atoms with Crippen molar-refractivity contribution >= 4 is 23.4 Å². The van der Waals surface area contributed by atoms with Crippen LogP contribution in [0.2, 0.25) is 0 Å². The van der Waals surface area contributed by atoms with E-state index in [0.717, 1.165) is 0 Å². The maximum absolute atomic E-state index is 12.3. The highest BCUT2D eigenvalue weighted by molar-refractivity contribution is 6.31. The van der Waals surface area contributed by atoms with Gasteiger partial charge in [-0.1, -0.05) is 26.8 Å². The zero-order valence-corrected chi connectivity index (χ0v) is 11.6. The Morgan fingerprint density at radius 2 is 1.80 bits per heavy atom. The molecule has 0 saturated carbocycles. The van der Waals surface area contributed by atoms with E-state index in [2.05, 4.69) is 0 Å². The van der Waals surface area contributed by atoms with Crippen LogP contribution in [-0.4, -0.2) is 28.7 Å². The van der Waals surface area contributed by atoms with Gasteiger partial charge in [-0.3, -0.25) is 14.4 Å². The first-order chi connectivity index (χ1) is 9.16. The fourth-order valence-corrected chi connectivity index (χ4v) is 2.02. The van der Waals surface area contributed by atoms with Crippen LogP contribution in [0.4, 0.5) is 5.69 Å². The van der Waals surface area contributed by atoms with E-state index in [9.17, 15) is 14.4 Å². The Kier molecular flexibility index (Phi) is 3.14. The Labute approximate surface area is 116 Å². The number of fused-ring (bicyclic) bond motifs is 1. The average Bonchev–Trinajstić information content (AvgIpc) is 2.60. The molecule has 0 spiro atoms. The van der Waals surface area contributed by atoms with E-state index >= 15 is 0 Å². The quantitative estimate of drug-likeness (QED) is 0.581. The smallest absolute Gasteiger partial charge is 0.270 e. The van der Waals surface area contributed by atoms with Gasteiger partial charge in [0.2, 0.25) is 0 Å². The molecule has 1 aliphatic heterocycles. The molecule has 0 aliphatic carbocycles. The third-order valence-corrected chi connectivity index (χ3v) is 3.37. The predicted molar refractivity (Wildman–Crippen MR) is 73.8 cm³/mol. The van der Waals surface area contributed by atoms with E-state index in [1.807, 2.05) is 0 Å². The Balaban J connectivity index is 2.44. The van der Waals surface area contributed by atoms with E-state index < -0.39 is 29.2 Å². The zero-order valence-electron chi connectivity index (χ0n) is 11.6. The lowest BCUT2D eigenvalue weighted by molar-refractivity contribution is -0.129. The minimum absolute atomic E-state index is 0.0759. The number of benzene rings is 1. The summed E-state index contributed by atoms with van der Waals surface area (Å²) in [6.07, 6.45) is 0. The van der Waals surface area contributed by atoms with Crippen LogP contribution in [0, 0.1) is 5.41 Å². The van der Waals surface area contributed by atoms with Crippen LogP contribution in [0.1, 0.15) is 41.5 Å². The van der Waals surface area contributed by atoms with Gasteiger partial charge in [-0.05, 0) is 17.5 Å². The zero-order chi connectivity index (χ0) is 15.2. The number of anilines is 1. The standard InChI is InChI=1S/C14H17N3O3/c1-14(2,3)10(16)13(20)17-11(18)7-5-4-6-8(15)9(7)12(17)19/h4-6,10H,15-16H2,1-3H3/t10-/m0/s1. The van der Waals surface area contributed by atoms with Crippen molar-refractivity contribution in [2.45, 2.75) is 26.8 Å². The lowest BCUT2D eigenvalue weighted by Crippen LogP contribution is -2.52. The first-order valence-electron chi connectivity index (χ1n) is 6.23. The monoisotopic (exact) mass is 275 g/mol. The highest BCUT2D eigenvalue weighted by atomic mass is 16.2. The van der Waals surface area contributed by atoms with Crippen LogP contribution < -0.4 is 11.5 Å². The second-order valence-corrected chi connectivity index (χ2v) is 5.90. The fourth-order valence-electron chi connectivity index (χ4n) is 2.02. The number of hydrogen-bond donors (Lipinski definition) is 2. The molecule has 0 radical (unpaired) electrons. The normalized spacial score (nSPS) is 16.3. The van der Waals surface area contributed by atoms with E-state index in [-0.39, 0.29) is 16.8 Å². The molecular weight excluding hydrogens is 258 g/mol. The number of carbonyl (C=O) groups is 3. The lowest BCUT2D eigenvalue weighted by atomic mass is 9.86. The van der Waals surface area contributed by atoms with Gasteiger partial charge >= 0.3 is 0 Å². The van der Waals surface area contributed by atoms with Crippen molar-refractivity contribution < 1.29 is 14.4 Å². The highest BCUT2D eigenvalue weighted by Gasteiger charge is 2.44. The molecular formula is C14H17N3O3. The molecule has 1 heterocycles. The van der Waals surface area contributed by atoms with Gasteiger partial charge in [0, 0.05) is 5.69 Å². The van der Waals surface area contributed by atoms with E-state index in [0.29, 0.717) is 4.90 Å². The van der Waals surface area contributed by atoms with Crippen LogP contribution in [0.3, 0.4) is 0 Å². The van der Waals surface area contributed by atoms with Gasteiger partial charge in [0.25, 0.3) is 17.7 Å². The first-order valence-corrected chi connectivity index (χ1v) is 6.23. The number of carbonyl (C=O) groups excluding carboxylic acids is 3. The average molecular weight is 275 g/mol. The second-order valence-electron chi connectivity index (χ2n) is 5.90. The summed E-state index contributed by atoms with van der Waals surface area (Å²) in [4.78, 5) is 37.4. The summed E-state index contributed by atoms with van der Waals surface area (Å²) in [5, 5.41) is 0. The lowest BCUT2D eigenvalue weighted by Gasteiger charge is -2.28. The summed E-state index contributed by atoms with van der Waals surface area (Å²) in [6.45, 7) is 5.30. The molecule has 1 aliphatic rings. The predicted octanol–water partition coefficient (Wildman–Crippen LogP) is 0.765. The van der Waals surface area contributed by atoms with E-state index in [1.54, 1.807) is 26.8 Å². The summed E-state index contributed by atoms with van der Waals surface area (Å²) in [7, 11) is 0. The molecule has 0 saturated heterocycles. The molecule has 6 nitrogen and oxygen atoms in total. The molecule has 0 aromatic heterocycles. The van der Waals surface area contributed by atoms with Crippen molar-refractivity contribution in [2.75, 3.05) is 5.73 Å². The number of hydrogen-bond acceptors (Lipinski definition) is 5. The van der Waals surface area contributed by atoms with Crippen LogP contribution in [0.5, 0.6) is 0 Å². The number of nitrogens with zero attached hydrogens (tertiary/aromatic N) is 1. The van der Waals surface area contributed by atoms with E-state index in [1.165, 1.54) is 12.1 Å². The van der Waals surface area contributed by atoms with Crippen molar-refractivity contribution in [2.24, 2.45) is 11.1 Å². The molecule has 1 aromatic carbocycles. The molecule has 106 valence electrons. The SMILES string of the molecule is CC(C)(C)[C@@H](N)C(=O)N1C(=O)c2cccc(N)c2C1=O. The van der Waals surface area contributed by atoms with Gasteiger partial charge < -0.3 is 11.5 Å². The third kappa shape index (κ3) is 1.98. The van der Waals surface area contributed by atoms with Crippen LogP contribution >= 0.6 is 0 Å². The van der Waals surface area contributed by atoms with Crippen LogP contribution in [-0.2, 0) is 4.79 Å². The Morgan fingerprint density at radius 1 is 1.20 bits per heavy atom. The summed E-state index contributed by atoms with van der Waals surface area (Å²) in [5.74, 6) is -2.07. The maximum atomic E-state index is 12.3. The van der Waals surface area contributed by atoms with Gasteiger partial charge in [0.1, 0.15) is 0 Å². The minimum atomic E-state index is -0.953. The molecule has 1 atom stereocenters. The number of imide groups is 3. The maximum Gasteiger partial charge on any atom is 0.270 e. The van der Waals surface area contributed by atoms with Crippen molar-refractivity contribution in [3.05, 3.63) is 29.3 Å². The summed E-state index contributed by atoms with van der Waals surface area (Å²) in [5.41, 5.74) is 11.4. The molecule has 1 aromatic rings. The van der Waals surface area contributed by atoms with Gasteiger partial charge in [-0.2, -0.15) is 0 Å². The molecule has 6 heteroatoms. The van der Waals surface area contributed by atoms with E-state index in [4.69, 9.17) is 11.5 Å². The first kappa shape index (κ1) is 14.2. The molecule has 0 fully saturated rings. The fraction of sp³-hybridized carbons (Fsp3) is 0.357. The second kappa shape index (κ2) is 4.42. The van der Waals surface area contributed by atoms with Gasteiger partial charge in [0.15, 0.2) is 0 Å². The molecule has 0 unspecified atom stereocenters. The van der Waals surface area contributed by atoms with Crippen LogP contribution in [0.25, 0.3) is 0 Å². The molecule has 4 N–H and O–H groups in total. The highest BCUT2D eigenvalue weighted by Crippen LogP contribution is 2.29. The summed E-state index contributed by atoms with van der Waals surface area (Å²) in [6, 6.07) is 3.60.